The molecule has 13 heavy (non-hydrogen) atoms. The molecule has 2 nitrogen and oxygen atoms in total. The molecular weight excluding hydrogens is 160 g/mol. The normalized spacial score (nSPS) is 10.2. The summed E-state index contributed by atoms with van der Waals surface area (Å²) in [6.07, 6.45) is 0.750. The molecule has 1 aromatic heterocycles. The van der Waals surface area contributed by atoms with Crippen molar-refractivity contribution in [2.75, 3.05) is 0 Å². The highest BCUT2D eigenvalue weighted by Gasteiger charge is 2.00. The number of nitrogens with zero attached hydrogens (tertiary/aromatic N) is 1. The molecule has 1 radical (unpaired) electrons. The zero-order chi connectivity index (χ0) is 9.10. The topological polar surface area (TPSA) is 28.7 Å². The van der Waals surface area contributed by atoms with E-state index in [0.29, 0.717) is 0 Å². The number of aromatic amines is 1. The van der Waals surface area contributed by atoms with E-state index in [2.05, 4.69) is 17.1 Å². The van der Waals surface area contributed by atoms with Crippen LogP contribution in [0.5, 0.6) is 0 Å². The molecule has 0 aliphatic rings. The third-order valence-electron chi connectivity index (χ3n) is 1.97. The van der Waals surface area contributed by atoms with Gasteiger partial charge < -0.3 is 0 Å². The van der Waals surface area contributed by atoms with Crippen LogP contribution >= 0.6 is 0 Å². The van der Waals surface area contributed by atoms with E-state index in [4.69, 9.17) is 0 Å². The van der Waals surface area contributed by atoms with Crippen molar-refractivity contribution in [1.82, 2.24) is 10.2 Å². The van der Waals surface area contributed by atoms with Gasteiger partial charge in [0.1, 0.15) is 0 Å². The highest BCUT2D eigenvalue weighted by molar-refractivity contribution is 5.58. The maximum absolute atomic E-state index is 4.19. The molecule has 0 saturated heterocycles. The van der Waals surface area contributed by atoms with Gasteiger partial charge in [-0.05, 0) is 19.4 Å². The van der Waals surface area contributed by atoms with Gasteiger partial charge in [0, 0.05) is 11.3 Å². The summed E-state index contributed by atoms with van der Waals surface area (Å²) in [4.78, 5) is 0. The molecule has 2 heteroatoms. The lowest BCUT2D eigenvalue weighted by Gasteiger charge is -1.92. The second kappa shape index (κ2) is 3.44. The number of rotatable bonds is 2. The Hall–Kier alpha value is -1.57. The molecule has 65 valence electrons. The standard InChI is InChI=1S/C11H11N2/c1-2-10-8-11(13-12-10)9-6-4-3-5-7-9/h3-8H,1-2H2,(H,12,13). The van der Waals surface area contributed by atoms with E-state index >= 15 is 0 Å². The van der Waals surface area contributed by atoms with Gasteiger partial charge in [-0.3, -0.25) is 5.10 Å². The summed E-state index contributed by atoms with van der Waals surface area (Å²) >= 11 is 0. The van der Waals surface area contributed by atoms with Crippen LogP contribution in [-0.2, 0) is 6.42 Å². The third kappa shape index (κ3) is 1.61. The van der Waals surface area contributed by atoms with Gasteiger partial charge in [-0.25, -0.2) is 0 Å². The number of nitrogens with one attached hydrogen (secondary N) is 1. The molecule has 1 aromatic carbocycles. The number of aromatic nitrogens is 2. The van der Waals surface area contributed by atoms with E-state index in [1.807, 2.05) is 36.4 Å². The maximum atomic E-state index is 4.19. The lowest BCUT2D eigenvalue weighted by Crippen LogP contribution is -1.76. The molecule has 0 unspecified atom stereocenters. The molecule has 1 heterocycles. The Bertz CT molecular complexity index is 376. The Kier molecular flexibility index (Phi) is 2.13. The predicted octanol–water partition coefficient (Wildman–Crippen LogP) is 2.45. The number of H-pyrrole nitrogens is 1. The van der Waals surface area contributed by atoms with Crippen LogP contribution in [0.25, 0.3) is 11.3 Å². The molecule has 0 atom stereocenters. The summed E-state index contributed by atoms with van der Waals surface area (Å²) in [5.41, 5.74) is 3.19. The second-order valence-corrected chi connectivity index (χ2v) is 2.89. The summed E-state index contributed by atoms with van der Waals surface area (Å²) in [6.45, 7) is 3.79. The number of hydrogen-bond acceptors (Lipinski definition) is 1. The van der Waals surface area contributed by atoms with Gasteiger partial charge >= 0.3 is 0 Å². The first kappa shape index (κ1) is 8.05. The molecule has 0 aliphatic heterocycles. The zero-order valence-corrected chi connectivity index (χ0v) is 7.33. The molecule has 0 amide bonds. The molecule has 2 rings (SSSR count). The van der Waals surface area contributed by atoms with Crippen molar-refractivity contribution in [3.8, 4) is 11.3 Å². The molecule has 1 N–H and O–H groups in total. The predicted molar refractivity (Wildman–Crippen MR) is 53.1 cm³/mol. The Morgan fingerprint density at radius 3 is 2.62 bits per heavy atom. The molecule has 0 bridgehead atoms. The fourth-order valence-electron chi connectivity index (χ4n) is 1.25. The van der Waals surface area contributed by atoms with Gasteiger partial charge in [0.25, 0.3) is 0 Å². The van der Waals surface area contributed by atoms with Gasteiger partial charge in [-0.2, -0.15) is 5.10 Å². The average molecular weight is 171 g/mol. The van der Waals surface area contributed by atoms with Crippen molar-refractivity contribution in [3.63, 3.8) is 0 Å². The Morgan fingerprint density at radius 1 is 1.23 bits per heavy atom. The minimum atomic E-state index is 0.750. The molecule has 2 aromatic rings. The van der Waals surface area contributed by atoms with Crippen LogP contribution in [0, 0.1) is 6.92 Å². The van der Waals surface area contributed by atoms with Crippen molar-refractivity contribution in [2.24, 2.45) is 0 Å². The smallest absolute Gasteiger partial charge is 0.0923 e. The molecule has 0 saturated carbocycles. The van der Waals surface area contributed by atoms with E-state index in [1.165, 1.54) is 0 Å². The summed E-state index contributed by atoms with van der Waals surface area (Å²) in [5, 5.41) is 7.13. The highest BCUT2D eigenvalue weighted by atomic mass is 15.1. The van der Waals surface area contributed by atoms with Crippen LogP contribution in [-0.4, -0.2) is 10.2 Å². The van der Waals surface area contributed by atoms with Crippen LogP contribution in [0.3, 0.4) is 0 Å². The van der Waals surface area contributed by atoms with Crippen LogP contribution in [0.15, 0.2) is 36.4 Å². The highest BCUT2D eigenvalue weighted by Crippen LogP contribution is 2.16. The lowest BCUT2D eigenvalue weighted by atomic mass is 10.1. The minimum Gasteiger partial charge on any atom is -0.282 e. The van der Waals surface area contributed by atoms with Gasteiger partial charge in [0.15, 0.2) is 0 Å². The van der Waals surface area contributed by atoms with Crippen LogP contribution < -0.4 is 0 Å². The number of hydrogen-bond donors (Lipinski definition) is 1. The molecule has 0 aliphatic carbocycles. The van der Waals surface area contributed by atoms with E-state index < -0.39 is 0 Å². The summed E-state index contributed by atoms with van der Waals surface area (Å²) in [6, 6.07) is 12.1. The first-order valence-corrected chi connectivity index (χ1v) is 4.29. The van der Waals surface area contributed by atoms with E-state index in [-0.39, 0.29) is 0 Å². The first-order chi connectivity index (χ1) is 6.40. The van der Waals surface area contributed by atoms with E-state index in [1.54, 1.807) is 0 Å². The molecule has 0 spiro atoms. The Morgan fingerprint density at radius 2 is 2.00 bits per heavy atom. The van der Waals surface area contributed by atoms with Crippen molar-refractivity contribution in [2.45, 2.75) is 6.42 Å². The summed E-state index contributed by atoms with van der Waals surface area (Å²) in [7, 11) is 0. The van der Waals surface area contributed by atoms with Gasteiger partial charge in [0.05, 0.1) is 5.69 Å². The van der Waals surface area contributed by atoms with Gasteiger partial charge in [-0.15, -0.1) is 0 Å². The quantitative estimate of drug-likeness (QED) is 0.738. The summed E-state index contributed by atoms with van der Waals surface area (Å²) < 4.78 is 0. The van der Waals surface area contributed by atoms with Crippen molar-refractivity contribution < 1.29 is 0 Å². The van der Waals surface area contributed by atoms with Gasteiger partial charge in [0.2, 0.25) is 0 Å². The third-order valence-corrected chi connectivity index (χ3v) is 1.97. The summed E-state index contributed by atoms with van der Waals surface area (Å²) in [5.74, 6) is 0. The SMILES string of the molecule is [CH2]Cc1cc(-c2ccccc2)n[nH]1. The fraction of sp³-hybridized carbons (Fsp3) is 0.0909. The van der Waals surface area contributed by atoms with E-state index in [0.717, 1.165) is 23.4 Å². The van der Waals surface area contributed by atoms with E-state index in [9.17, 15) is 0 Å². The van der Waals surface area contributed by atoms with Crippen LogP contribution in [0.2, 0.25) is 0 Å². The maximum Gasteiger partial charge on any atom is 0.0923 e. The average Bonchev–Trinajstić information content (AvgIpc) is 2.67. The van der Waals surface area contributed by atoms with Gasteiger partial charge in [-0.1, -0.05) is 30.3 Å². The number of benzene rings is 1. The van der Waals surface area contributed by atoms with Crippen LogP contribution in [0.4, 0.5) is 0 Å². The first-order valence-electron chi connectivity index (χ1n) is 4.29. The van der Waals surface area contributed by atoms with Crippen molar-refractivity contribution >= 4 is 0 Å². The molecular formula is C11H11N2. The molecule has 0 fully saturated rings. The lowest BCUT2D eigenvalue weighted by molar-refractivity contribution is 1.01. The largest absolute Gasteiger partial charge is 0.282 e. The van der Waals surface area contributed by atoms with Crippen molar-refractivity contribution in [1.29, 1.82) is 0 Å². The zero-order valence-electron chi connectivity index (χ0n) is 7.33. The van der Waals surface area contributed by atoms with Crippen LogP contribution in [0.1, 0.15) is 5.69 Å². The van der Waals surface area contributed by atoms with Crippen molar-refractivity contribution in [3.05, 3.63) is 49.0 Å². The Balaban J connectivity index is 2.36. The monoisotopic (exact) mass is 171 g/mol. The Labute approximate surface area is 77.6 Å². The minimum absolute atomic E-state index is 0.750. The second-order valence-electron chi connectivity index (χ2n) is 2.89. The fourth-order valence-corrected chi connectivity index (χ4v) is 1.25.